The third kappa shape index (κ3) is 4.49. The molecular formula is C20H25N3O5. The lowest BCUT2D eigenvalue weighted by Gasteiger charge is -2.35. The van der Waals surface area contributed by atoms with Crippen LogP contribution in [0.2, 0.25) is 0 Å². The lowest BCUT2D eigenvalue weighted by atomic mass is 9.81. The van der Waals surface area contributed by atoms with Crippen molar-refractivity contribution in [2.75, 3.05) is 6.61 Å². The van der Waals surface area contributed by atoms with Crippen molar-refractivity contribution in [2.45, 2.75) is 58.1 Å². The van der Waals surface area contributed by atoms with E-state index in [-0.39, 0.29) is 18.4 Å². The van der Waals surface area contributed by atoms with Crippen LogP contribution in [0, 0.1) is 0 Å². The Bertz CT molecular complexity index is 827. The van der Waals surface area contributed by atoms with Crippen molar-refractivity contribution >= 4 is 11.9 Å². The third-order valence-corrected chi connectivity index (χ3v) is 4.74. The molecule has 150 valence electrons. The van der Waals surface area contributed by atoms with E-state index in [2.05, 4.69) is 15.5 Å². The first-order valence-electron chi connectivity index (χ1n) is 9.55. The van der Waals surface area contributed by atoms with Crippen LogP contribution in [-0.2, 0) is 20.9 Å². The maximum absolute atomic E-state index is 12.7. The number of esters is 1. The molecule has 1 aromatic heterocycles. The summed E-state index contributed by atoms with van der Waals surface area (Å²) in [5.41, 5.74) is -0.262. The Morgan fingerprint density at radius 3 is 2.68 bits per heavy atom. The number of amides is 1. The van der Waals surface area contributed by atoms with E-state index in [4.69, 9.17) is 14.0 Å². The minimum absolute atomic E-state index is 0.149. The van der Waals surface area contributed by atoms with Gasteiger partial charge in [-0.25, -0.2) is 4.79 Å². The number of hydrogen-bond acceptors (Lipinski definition) is 7. The summed E-state index contributed by atoms with van der Waals surface area (Å²) in [6.07, 6.45) is 3.92. The second kappa shape index (κ2) is 8.86. The first kappa shape index (κ1) is 19.9. The summed E-state index contributed by atoms with van der Waals surface area (Å²) < 4.78 is 16.2. The summed E-state index contributed by atoms with van der Waals surface area (Å²) in [5.74, 6) is 0.497. The van der Waals surface area contributed by atoms with Crippen molar-refractivity contribution in [3.05, 3.63) is 30.2 Å². The molecule has 1 N–H and O–H groups in total. The monoisotopic (exact) mass is 387 g/mol. The largest absolute Gasteiger partial charge is 0.493 e. The Kier molecular flexibility index (Phi) is 6.28. The second-order valence-corrected chi connectivity index (χ2v) is 6.84. The molecule has 8 nitrogen and oxygen atoms in total. The smallest absolute Gasteiger partial charge is 0.332 e. The van der Waals surface area contributed by atoms with Crippen LogP contribution in [0.25, 0.3) is 11.4 Å². The molecule has 0 unspecified atom stereocenters. The number of nitrogens with one attached hydrogen (secondary N) is 1. The highest BCUT2D eigenvalue weighted by atomic mass is 16.6. The number of aromatic nitrogens is 2. The summed E-state index contributed by atoms with van der Waals surface area (Å²) in [5, 5.41) is 6.75. The van der Waals surface area contributed by atoms with Gasteiger partial charge in [0.1, 0.15) is 11.3 Å². The molecular weight excluding hydrogens is 362 g/mol. The number of ether oxygens (including phenoxy) is 2. The fourth-order valence-electron chi connectivity index (χ4n) is 3.49. The molecule has 2 aromatic rings. The van der Waals surface area contributed by atoms with E-state index in [1.807, 2.05) is 31.2 Å². The van der Waals surface area contributed by atoms with E-state index in [9.17, 15) is 9.59 Å². The Hall–Kier alpha value is -2.90. The molecule has 1 aliphatic rings. The molecule has 0 spiro atoms. The maximum atomic E-state index is 12.7. The van der Waals surface area contributed by atoms with Crippen LogP contribution in [0.3, 0.4) is 0 Å². The Morgan fingerprint density at radius 1 is 1.21 bits per heavy atom. The number of nitrogens with zero attached hydrogens (tertiary/aromatic N) is 2. The first-order chi connectivity index (χ1) is 13.5. The van der Waals surface area contributed by atoms with Crippen molar-refractivity contribution in [2.24, 2.45) is 0 Å². The summed E-state index contributed by atoms with van der Waals surface area (Å²) in [6.45, 7) is 3.67. The molecule has 1 aromatic carbocycles. The lowest BCUT2D eigenvalue weighted by molar-refractivity contribution is -0.157. The Balaban J connectivity index is 1.68. The molecule has 1 aliphatic carbocycles. The standard InChI is InChI=1S/C20H25N3O5/c1-3-26-16-10-6-5-9-15(16)18-21-17(28-23-18)13-27-19(25)20(22-14(2)24)11-7-4-8-12-20/h5-6,9-10H,3-4,7-8,11-13H2,1-2H3,(H,22,24). The molecule has 1 heterocycles. The number of para-hydroxylation sites is 1. The predicted octanol–water partition coefficient (Wildman–Crippen LogP) is 3.02. The van der Waals surface area contributed by atoms with Gasteiger partial charge in [0.25, 0.3) is 5.89 Å². The van der Waals surface area contributed by atoms with Crippen LogP contribution in [0.4, 0.5) is 0 Å². The molecule has 0 aliphatic heterocycles. The molecule has 8 heteroatoms. The van der Waals surface area contributed by atoms with Crippen molar-refractivity contribution in [1.29, 1.82) is 0 Å². The van der Waals surface area contributed by atoms with Crippen molar-refractivity contribution in [3.8, 4) is 17.1 Å². The SMILES string of the molecule is CCOc1ccccc1-c1noc(COC(=O)C2(NC(C)=O)CCCCC2)n1. The van der Waals surface area contributed by atoms with Crippen LogP contribution in [0.1, 0.15) is 51.8 Å². The van der Waals surface area contributed by atoms with Crippen molar-refractivity contribution in [3.63, 3.8) is 0 Å². The molecule has 0 bridgehead atoms. The van der Waals surface area contributed by atoms with Gasteiger partial charge in [-0.05, 0) is 31.9 Å². The zero-order valence-electron chi connectivity index (χ0n) is 16.2. The minimum atomic E-state index is -0.964. The van der Waals surface area contributed by atoms with E-state index in [1.54, 1.807) is 0 Å². The van der Waals surface area contributed by atoms with Crippen LogP contribution in [0.5, 0.6) is 5.75 Å². The fraction of sp³-hybridized carbons (Fsp3) is 0.500. The Labute approximate surface area is 163 Å². The summed E-state index contributed by atoms with van der Waals surface area (Å²) in [4.78, 5) is 28.6. The number of benzene rings is 1. The number of carbonyl (C=O) groups is 2. The number of carbonyl (C=O) groups excluding carboxylic acids is 2. The van der Waals surface area contributed by atoms with Gasteiger partial charge in [0, 0.05) is 6.92 Å². The highest BCUT2D eigenvalue weighted by molar-refractivity contribution is 5.87. The molecule has 1 fully saturated rings. The van der Waals surface area contributed by atoms with Crippen LogP contribution in [-0.4, -0.2) is 34.2 Å². The van der Waals surface area contributed by atoms with Gasteiger partial charge in [0.05, 0.1) is 12.2 Å². The molecule has 1 amide bonds. The van der Waals surface area contributed by atoms with E-state index >= 15 is 0 Å². The molecule has 0 radical (unpaired) electrons. The van der Waals surface area contributed by atoms with Gasteiger partial charge in [0.2, 0.25) is 11.7 Å². The van der Waals surface area contributed by atoms with E-state index in [0.29, 0.717) is 36.6 Å². The third-order valence-electron chi connectivity index (χ3n) is 4.74. The van der Waals surface area contributed by atoms with Gasteiger partial charge < -0.3 is 19.3 Å². The second-order valence-electron chi connectivity index (χ2n) is 6.84. The highest BCUT2D eigenvalue weighted by Crippen LogP contribution is 2.30. The quantitative estimate of drug-likeness (QED) is 0.728. The van der Waals surface area contributed by atoms with Gasteiger partial charge in [-0.2, -0.15) is 4.98 Å². The number of hydrogen-bond donors (Lipinski definition) is 1. The molecule has 0 saturated heterocycles. The van der Waals surface area contributed by atoms with E-state index in [1.165, 1.54) is 6.92 Å². The summed E-state index contributed by atoms with van der Waals surface area (Å²) >= 11 is 0. The van der Waals surface area contributed by atoms with E-state index < -0.39 is 11.5 Å². The molecule has 3 rings (SSSR count). The van der Waals surface area contributed by atoms with Gasteiger partial charge >= 0.3 is 5.97 Å². The van der Waals surface area contributed by atoms with Gasteiger partial charge in [-0.15, -0.1) is 0 Å². The minimum Gasteiger partial charge on any atom is -0.493 e. The normalized spacial score (nSPS) is 15.6. The van der Waals surface area contributed by atoms with Crippen LogP contribution in [0.15, 0.2) is 28.8 Å². The molecule has 28 heavy (non-hydrogen) atoms. The zero-order valence-corrected chi connectivity index (χ0v) is 16.2. The Morgan fingerprint density at radius 2 is 1.96 bits per heavy atom. The average Bonchev–Trinajstić information content (AvgIpc) is 3.16. The highest BCUT2D eigenvalue weighted by Gasteiger charge is 2.42. The van der Waals surface area contributed by atoms with Crippen LogP contribution < -0.4 is 10.1 Å². The van der Waals surface area contributed by atoms with Crippen molar-refractivity contribution in [1.82, 2.24) is 15.5 Å². The lowest BCUT2D eigenvalue weighted by Crippen LogP contribution is -2.55. The predicted molar refractivity (Wildman–Crippen MR) is 100 cm³/mol. The van der Waals surface area contributed by atoms with E-state index in [0.717, 1.165) is 19.3 Å². The number of rotatable bonds is 7. The zero-order chi connectivity index (χ0) is 20.0. The fourth-order valence-corrected chi connectivity index (χ4v) is 3.49. The molecule has 1 saturated carbocycles. The topological polar surface area (TPSA) is 104 Å². The van der Waals surface area contributed by atoms with Crippen LogP contribution >= 0.6 is 0 Å². The molecule has 0 atom stereocenters. The van der Waals surface area contributed by atoms with Gasteiger partial charge in [0.15, 0.2) is 6.61 Å². The maximum Gasteiger partial charge on any atom is 0.332 e. The van der Waals surface area contributed by atoms with Crippen molar-refractivity contribution < 1.29 is 23.6 Å². The van der Waals surface area contributed by atoms with Gasteiger partial charge in [-0.1, -0.05) is 36.6 Å². The summed E-state index contributed by atoms with van der Waals surface area (Å²) in [7, 11) is 0. The summed E-state index contributed by atoms with van der Waals surface area (Å²) in [6, 6.07) is 7.38. The van der Waals surface area contributed by atoms with Gasteiger partial charge in [-0.3, -0.25) is 4.79 Å². The average molecular weight is 387 g/mol. The first-order valence-corrected chi connectivity index (χ1v) is 9.55.